The van der Waals surface area contributed by atoms with E-state index in [9.17, 15) is 63.9 Å². The Morgan fingerprint density at radius 3 is 1.02 bits per heavy atom. The SMILES string of the molecule is C.CC[C@H]1O[C@@H](n2cc(C)c(=O)[nH]c2=O)[C@@H](O[C@H](C)[C@@H](C)OC)C1O.CC[C@H]1O[C@@H](n2cc(C)c(=O)[nH]c2=O)[C@@H](O[C@H](C)[C@@H](C)OC)C1O.CC[C@H]1O[C@@H](n2ccc(NC(C)=O)nc2=O)[C@@H](O[C@H](C)[C@@H](C)OC)C1O.CO[C@H](C)[C@@H](C)O[C@H]1C(O)[C@@H](CO)O[C@H]1n1cc(C)c(=O)[nH]c1=O.COc1ccc(C(Cl)(c2ccccc2)c2ccc(OC)cc2)cc1.[HH].[HH].[HH]. The highest BCUT2D eigenvalue weighted by Gasteiger charge is 2.51. The van der Waals surface area contributed by atoms with Crippen LogP contribution in [-0.2, 0) is 66.5 Å². The molecule has 24 atom stereocenters. The quantitative estimate of drug-likeness (QED) is 0.0164. The Morgan fingerprint density at radius 2 is 0.748 bits per heavy atom. The standard InChI is InChI=1S/C21H19ClO2.C17H27N3O6.2C16H26N2O6.C15H24N2O7.CH4.3H2/c1-23-19-12-8-17(9-13-19)21(22,16-6-4-3-5-7-16)18-10-14-20(24-2)15-11-18;1-6-12-14(22)15(25-10(3)9(2)24-5)16(26-12)20-8-7-13(18-11(4)21)19-17(20)23;2*1-6-11-12(19)13(23-10(4)9(3)22-5)15(24-11)18-7-8(2)14(20)17-16(18)21;1-7-5-17(15(21)16-13(7)20)14-12(11(19)10(6-18)24-14)23-9(3)8(2)22-4;;;;/h3-15H,1-2H3;7-10,12,14-16,22H,6H2,1-5H3,(H,18,19,21,23);2*7,9-13,15,19H,6H2,1-5H3,(H,17,20,21);5,8-12,14,18-19H,6H2,1-4H3,(H,16,20,21);1H4;3*1H/t;9-,10-,12-,14?,15+,16-;2*9-,10-,11-,12?,13+,15-;8-,9-,10-,11?,12+,14-;;;;/m.1111..../s1. The van der Waals surface area contributed by atoms with Gasteiger partial charge < -0.3 is 97.2 Å². The Bertz CT molecular complexity index is 4570. The number of aliphatic hydroxyl groups excluding tert-OH is 5. The molecule has 4 aromatic heterocycles. The molecule has 4 saturated heterocycles. The van der Waals surface area contributed by atoms with E-state index in [0.29, 0.717) is 36.0 Å². The van der Waals surface area contributed by atoms with Gasteiger partial charge in [-0.2, -0.15) is 4.98 Å². The summed E-state index contributed by atoms with van der Waals surface area (Å²) in [5.41, 5.74) is 0.208. The average molecular weight is 1760 g/mol. The van der Waals surface area contributed by atoms with Gasteiger partial charge in [0, 0.05) is 81.1 Å². The van der Waals surface area contributed by atoms with E-state index in [2.05, 4.69) is 25.3 Å². The van der Waals surface area contributed by atoms with Gasteiger partial charge in [-0.3, -0.25) is 52.4 Å². The second-order valence-corrected chi connectivity index (χ2v) is 30.8. The van der Waals surface area contributed by atoms with Gasteiger partial charge in [0.1, 0.15) is 77.1 Å². The monoisotopic (exact) mass is 1760 g/mol. The minimum Gasteiger partial charge on any atom is -0.497 e. The topological polar surface area (TPSA) is 459 Å². The number of nitrogens with zero attached hydrogens (tertiary/aromatic N) is 5. The Kier molecular flexibility index (Phi) is 39.8. The molecule has 11 rings (SSSR count). The summed E-state index contributed by atoms with van der Waals surface area (Å²) in [5.74, 6) is 1.45. The number of anilines is 1. The van der Waals surface area contributed by atoms with Gasteiger partial charge in [-0.1, -0.05) is 82.8 Å². The Morgan fingerprint density at radius 1 is 0.463 bits per heavy atom. The number of hydrogen-bond donors (Lipinski definition) is 9. The summed E-state index contributed by atoms with van der Waals surface area (Å²) < 4.78 is 83.3. The number of amides is 1. The molecule has 1 amide bonds. The molecule has 4 aliphatic heterocycles. The molecule has 9 N–H and O–H groups in total. The number of aromatic nitrogens is 8. The van der Waals surface area contributed by atoms with Crippen LogP contribution in [0.15, 0.2) is 143 Å². The molecule has 0 saturated carbocycles. The lowest BCUT2D eigenvalue weighted by Gasteiger charge is -2.29. The molecule has 690 valence electrons. The molecule has 0 radical (unpaired) electrons. The summed E-state index contributed by atoms with van der Waals surface area (Å²) in [6.07, 6.45) is -7.41. The average Bonchev–Trinajstić information content (AvgIpc) is 1.39. The number of hydrogen-bond acceptors (Lipinski definition) is 28. The summed E-state index contributed by atoms with van der Waals surface area (Å²) in [6, 6.07) is 27.3. The van der Waals surface area contributed by atoms with Crippen LogP contribution in [0.5, 0.6) is 11.5 Å². The lowest BCUT2D eigenvalue weighted by Crippen LogP contribution is -2.43. The molecule has 4 unspecified atom stereocenters. The highest BCUT2D eigenvalue weighted by molar-refractivity contribution is 6.28. The number of aliphatic hydroxyl groups is 5. The van der Waals surface area contributed by atoms with Crippen molar-refractivity contribution < 1.29 is 101 Å². The lowest BCUT2D eigenvalue weighted by atomic mass is 9.84. The van der Waals surface area contributed by atoms with Crippen LogP contribution in [0.4, 0.5) is 5.82 Å². The van der Waals surface area contributed by atoms with Crippen molar-refractivity contribution >= 4 is 23.3 Å². The van der Waals surface area contributed by atoms with Gasteiger partial charge >= 0.3 is 22.8 Å². The van der Waals surface area contributed by atoms with Crippen molar-refractivity contribution in [2.45, 2.75) is 282 Å². The number of halogens is 1. The van der Waals surface area contributed by atoms with Crippen molar-refractivity contribution in [1.29, 1.82) is 0 Å². The molecular formula is C86H132ClN9O27. The summed E-state index contributed by atoms with van der Waals surface area (Å²) >= 11 is 7.22. The fraction of sp³-hybridized carbons (Fsp3) is 0.593. The zero-order valence-electron chi connectivity index (χ0n) is 72.9. The van der Waals surface area contributed by atoms with E-state index in [4.69, 9.17) is 77.9 Å². The summed E-state index contributed by atoms with van der Waals surface area (Å²) in [4.78, 5) is 104. The van der Waals surface area contributed by atoms with Gasteiger partial charge in [-0.05, 0) is 142 Å². The maximum absolute atomic E-state index is 12.4. The fourth-order valence-corrected chi connectivity index (χ4v) is 14.1. The molecule has 7 aromatic rings. The maximum atomic E-state index is 12.4. The smallest absolute Gasteiger partial charge is 0.351 e. The second-order valence-electron chi connectivity index (χ2n) is 30.2. The van der Waals surface area contributed by atoms with Crippen LogP contribution in [0.3, 0.4) is 0 Å². The molecule has 4 fully saturated rings. The summed E-state index contributed by atoms with van der Waals surface area (Å²) in [7, 11) is 9.58. The van der Waals surface area contributed by atoms with Gasteiger partial charge in [-0.25, -0.2) is 19.2 Å². The van der Waals surface area contributed by atoms with Crippen LogP contribution >= 0.6 is 11.6 Å². The summed E-state index contributed by atoms with van der Waals surface area (Å²) in [5, 5.41) is 53.8. The molecular weight excluding hydrogens is 1630 g/mol. The normalized spacial score (nSPS) is 25.4. The first-order valence-corrected chi connectivity index (χ1v) is 40.8. The number of aryl methyl sites for hydroxylation is 3. The van der Waals surface area contributed by atoms with Gasteiger partial charge in [0.05, 0.1) is 88.0 Å². The van der Waals surface area contributed by atoms with Crippen molar-refractivity contribution in [3.05, 3.63) is 216 Å². The van der Waals surface area contributed by atoms with Crippen molar-refractivity contribution in [3.63, 3.8) is 0 Å². The molecule has 4 aliphatic rings. The molecule has 8 heterocycles. The van der Waals surface area contributed by atoms with Crippen LogP contribution in [-0.4, -0.2) is 241 Å². The number of methoxy groups -OCH3 is 6. The first-order valence-electron chi connectivity index (χ1n) is 40.4. The first kappa shape index (κ1) is 103. The van der Waals surface area contributed by atoms with Crippen LogP contribution in [0.2, 0.25) is 0 Å². The van der Waals surface area contributed by atoms with E-state index in [1.165, 1.54) is 58.6 Å². The van der Waals surface area contributed by atoms with Crippen molar-refractivity contribution in [2.75, 3.05) is 54.6 Å². The van der Waals surface area contributed by atoms with Crippen LogP contribution in [0.25, 0.3) is 0 Å². The van der Waals surface area contributed by atoms with Crippen LogP contribution in [0, 0.1) is 20.8 Å². The maximum Gasteiger partial charge on any atom is 0.351 e. The molecule has 36 nitrogen and oxygen atoms in total. The third-order valence-electron chi connectivity index (χ3n) is 22.1. The predicted molar refractivity (Wildman–Crippen MR) is 463 cm³/mol. The molecule has 37 heteroatoms. The number of nitrogens with one attached hydrogen (secondary N) is 4. The van der Waals surface area contributed by atoms with Crippen molar-refractivity contribution in [3.8, 4) is 11.5 Å². The Hall–Kier alpha value is -8.74. The van der Waals surface area contributed by atoms with E-state index in [1.807, 2.05) is 148 Å². The van der Waals surface area contributed by atoms with Crippen LogP contribution in [0.1, 0.15) is 172 Å². The number of rotatable bonds is 30. The number of ether oxygens (including phenoxy) is 14. The first-order chi connectivity index (χ1) is 57.8. The number of alkyl halides is 1. The van der Waals surface area contributed by atoms with Gasteiger partial charge in [0.25, 0.3) is 16.7 Å². The fourth-order valence-electron chi connectivity index (χ4n) is 13.7. The highest BCUT2D eigenvalue weighted by atomic mass is 35.5. The third-order valence-corrected chi connectivity index (χ3v) is 22.7. The number of H-pyrrole nitrogens is 3. The molecule has 3 aromatic carbocycles. The molecule has 0 aliphatic carbocycles. The van der Waals surface area contributed by atoms with E-state index >= 15 is 0 Å². The predicted octanol–water partition coefficient (Wildman–Crippen LogP) is 6.84. The van der Waals surface area contributed by atoms with E-state index in [-0.39, 0.29) is 66.2 Å². The van der Waals surface area contributed by atoms with Gasteiger partial charge in [0.2, 0.25) is 5.91 Å². The second kappa shape index (κ2) is 47.5. The Balaban J connectivity index is 0.000000403. The number of carbonyl (C=O) groups excluding carboxylic acids is 1. The van der Waals surface area contributed by atoms with E-state index in [1.54, 1.807) is 63.2 Å². The zero-order valence-corrected chi connectivity index (χ0v) is 73.7. The van der Waals surface area contributed by atoms with E-state index < -0.39 is 155 Å². The third kappa shape index (κ3) is 25.5. The highest BCUT2D eigenvalue weighted by Crippen LogP contribution is 2.45. The largest absolute Gasteiger partial charge is 0.497 e. The summed E-state index contributed by atoms with van der Waals surface area (Å²) in [6.45, 7) is 25.9. The number of benzene rings is 3. The zero-order chi connectivity index (χ0) is 90.5. The molecule has 123 heavy (non-hydrogen) atoms. The minimum atomic E-state index is -1.13. The van der Waals surface area contributed by atoms with E-state index in [0.717, 1.165) is 32.8 Å². The lowest BCUT2D eigenvalue weighted by molar-refractivity contribution is -0.130. The van der Waals surface area contributed by atoms with Crippen molar-refractivity contribution in [1.82, 2.24) is 38.2 Å². The van der Waals surface area contributed by atoms with Gasteiger partial charge in [0.15, 0.2) is 24.9 Å². The van der Waals surface area contributed by atoms with Crippen LogP contribution < -0.4 is 54.2 Å². The van der Waals surface area contributed by atoms with Gasteiger partial charge in [-0.15, -0.1) is 11.6 Å². The minimum absolute atomic E-state index is 0. The Labute approximate surface area is 724 Å². The molecule has 0 bridgehead atoms. The molecule has 0 spiro atoms. The number of carbonyl (C=O) groups is 1. The number of aromatic amines is 3. The van der Waals surface area contributed by atoms with Crippen molar-refractivity contribution in [2.24, 2.45) is 0 Å².